The van der Waals surface area contributed by atoms with Gasteiger partial charge in [-0.15, -0.1) is 0 Å². The van der Waals surface area contributed by atoms with Gasteiger partial charge in [-0.2, -0.15) is 5.26 Å². The first-order valence-corrected chi connectivity index (χ1v) is 9.29. The molecular formula is C21H18N2O5. The van der Waals surface area contributed by atoms with Crippen LogP contribution >= 0.6 is 0 Å². The van der Waals surface area contributed by atoms with Crippen LogP contribution in [0.25, 0.3) is 10.8 Å². The number of nitrogens with zero attached hydrogens (tertiary/aromatic N) is 2. The normalized spacial score (nSPS) is 33.5. The van der Waals surface area contributed by atoms with Crippen LogP contribution in [0.3, 0.4) is 0 Å². The first-order chi connectivity index (χ1) is 13.5. The van der Waals surface area contributed by atoms with Gasteiger partial charge in [-0.3, -0.25) is 9.59 Å². The third-order valence-corrected chi connectivity index (χ3v) is 6.37. The molecule has 0 aromatic heterocycles. The summed E-state index contributed by atoms with van der Waals surface area (Å²) in [5.74, 6) is -2.23. The summed E-state index contributed by atoms with van der Waals surface area (Å²) in [6, 6.07) is 12.5. The first-order valence-electron chi connectivity index (χ1n) is 9.29. The Hall–Kier alpha value is -2.79. The Morgan fingerprint density at radius 2 is 1.93 bits per heavy atom. The van der Waals surface area contributed by atoms with Gasteiger partial charge >= 0.3 is 0 Å². The first kappa shape index (κ1) is 17.3. The molecule has 3 saturated heterocycles. The van der Waals surface area contributed by atoms with E-state index < -0.39 is 35.6 Å². The van der Waals surface area contributed by atoms with E-state index in [1.54, 1.807) is 36.4 Å². The van der Waals surface area contributed by atoms with Crippen molar-refractivity contribution in [2.75, 3.05) is 11.5 Å². The van der Waals surface area contributed by atoms with Crippen molar-refractivity contribution in [2.45, 2.75) is 30.7 Å². The summed E-state index contributed by atoms with van der Waals surface area (Å²) in [5.41, 5.74) is -0.103. The van der Waals surface area contributed by atoms with Gasteiger partial charge in [0.25, 0.3) is 0 Å². The van der Waals surface area contributed by atoms with Gasteiger partial charge < -0.3 is 14.9 Å². The Balaban J connectivity index is 1.65. The lowest BCUT2D eigenvalue weighted by molar-refractivity contribution is -0.128. The minimum atomic E-state index is -1.01. The van der Waals surface area contributed by atoms with Crippen LogP contribution in [0, 0.1) is 23.2 Å². The van der Waals surface area contributed by atoms with Crippen molar-refractivity contribution in [1.29, 1.82) is 5.26 Å². The number of benzene rings is 2. The quantitative estimate of drug-likeness (QED) is 0.774. The predicted octanol–water partition coefficient (Wildman–Crippen LogP) is 1.10. The number of hydrogen-bond acceptors (Lipinski definition) is 6. The summed E-state index contributed by atoms with van der Waals surface area (Å²) in [4.78, 5) is 27.8. The molecule has 2 aromatic rings. The zero-order chi connectivity index (χ0) is 19.6. The van der Waals surface area contributed by atoms with Gasteiger partial charge in [-0.05, 0) is 12.1 Å². The number of amides is 2. The molecule has 2 aromatic carbocycles. The van der Waals surface area contributed by atoms with Crippen molar-refractivity contribution in [1.82, 2.24) is 0 Å². The van der Waals surface area contributed by atoms with Gasteiger partial charge in [0, 0.05) is 30.2 Å². The molecule has 0 aliphatic carbocycles. The molecule has 3 aliphatic rings. The van der Waals surface area contributed by atoms with E-state index in [0.29, 0.717) is 22.0 Å². The molecule has 3 aliphatic heterocycles. The summed E-state index contributed by atoms with van der Waals surface area (Å²) < 4.78 is 5.91. The molecule has 28 heavy (non-hydrogen) atoms. The van der Waals surface area contributed by atoms with E-state index in [-0.39, 0.29) is 25.4 Å². The van der Waals surface area contributed by atoms with E-state index in [0.717, 1.165) is 0 Å². The molecule has 0 radical (unpaired) electrons. The number of hydrogen-bond donors (Lipinski definition) is 2. The van der Waals surface area contributed by atoms with E-state index in [9.17, 15) is 25.1 Å². The average Bonchev–Trinajstić information content (AvgIpc) is 3.28. The third kappa shape index (κ3) is 2.02. The van der Waals surface area contributed by atoms with Crippen molar-refractivity contribution in [3.8, 4) is 6.07 Å². The van der Waals surface area contributed by atoms with E-state index in [1.807, 2.05) is 0 Å². The highest BCUT2D eigenvalue weighted by Crippen LogP contribution is 2.57. The number of anilines is 1. The fourth-order valence-corrected chi connectivity index (χ4v) is 5.27. The molecule has 0 spiro atoms. The zero-order valence-corrected chi connectivity index (χ0v) is 14.9. The molecule has 5 rings (SSSR count). The fraction of sp³-hybridized carbons (Fsp3) is 0.381. The van der Waals surface area contributed by atoms with Crippen molar-refractivity contribution >= 4 is 28.3 Å². The van der Waals surface area contributed by atoms with Gasteiger partial charge in [0.2, 0.25) is 11.8 Å². The summed E-state index contributed by atoms with van der Waals surface area (Å²) in [6.45, 7) is -0.191. The Kier molecular flexibility index (Phi) is 3.62. The molecule has 2 N–H and O–H groups in total. The number of fused-ring (bicyclic) bond motifs is 6. The van der Waals surface area contributed by atoms with Crippen molar-refractivity contribution in [2.24, 2.45) is 11.8 Å². The number of carbonyl (C=O) groups is 2. The lowest BCUT2D eigenvalue weighted by Crippen LogP contribution is -2.45. The SMILES string of the molecule is N#Cc1ccc(N2C(=O)[C@H]3C4OC(CCO)(C[C@@H]4O)[C@H]3C2=O)c2ccccc12. The number of nitriles is 1. The maximum Gasteiger partial charge on any atom is 0.240 e. The molecule has 0 saturated carbocycles. The Morgan fingerprint density at radius 3 is 2.64 bits per heavy atom. The van der Waals surface area contributed by atoms with Crippen LogP contribution in [-0.2, 0) is 14.3 Å². The van der Waals surface area contributed by atoms with E-state index in [4.69, 9.17) is 4.74 Å². The molecule has 3 fully saturated rings. The number of imide groups is 1. The molecule has 2 unspecified atom stereocenters. The summed E-state index contributed by atoms with van der Waals surface area (Å²) in [7, 11) is 0. The van der Waals surface area contributed by atoms with Crippen LogP contribution in [-0.4, -0.2) is 46.4 Å². The van der Waals surface area contributed by atoms with Crippen LogP contribution in [0.5, 0.6) is 0 Å². The van der Waals surface area contributed by atoms with Gasteiger partial charge in [0.15, 0.2) is 0 Å². The number of ether oxygens (including phenoxy) is 1. The second kappa shape index (κ2) is 5.85. The minimum absolute atomic E-state index is 0.191. The predicted molar refractivity (Wildman–Crippen MR) is 98.1 cm³/mol. The van der Waals surface area contributed by atoms with Crippen LogP contribution < -0.4 is 4.90 Å². The van der Waals surface area contributed by atoms with Crippen LogP contribution in [0.4, 0.5) is 5.69 Å². The standard InChI is InChI=1S/C21H18N2O5/c22-10-11-5-6-14(13-4-2-1-3-12(11)13)23-19(26)16-17(20(23)27)21(7-8-24)9-15(25)18(16)28-21/h1-6,15-18,24-25H,7-9H2/t15-,16+,17+,18?,21?/m0/s1. The third-order valence-electron chi connectivity index (χ3n) is 6.37. The zero-order valence-electron chi connectivity index (χ0n) is 14.9. The summed E-state index contributed by atoms with van der Waals surface area (Å²) in [5, 5.41) is 30.5. The number of carbonyl (C=O) groups excluding carboxylic acids is 2. The highest BCUT2D eigenvalue weighted by atomic mass is 16.5. The Morgan fingerprint density at radius 1 is 1.18 bits per heavy atom. The van der Waals surface area contributed by atoms with Crippen molar-refractivity contribution in [3.05, 3.63) is 42.0 Å². The topological polar surface area (TPSA) is 111 Å². The summed E-state index contributed by atoms with van der Waals surface area (Å²) in [6.07, 6.45) is -1.13. The lowest BCUT2D eigenvalue weighted by atomic mass is 9.70. The monoisotopic (exact) mass is 378 g/mol. The van der Waals surface area contributed by atoms with Crippen LogP contribution in [0.15, 0.2) is 36.4 Å². The smallest absolute Gasteiger partial charge is 0.240 e. The molecular weight excluding hydrogens is 360 g/mol. The minimum Gasteiger partial charge on any atom is -0.396 e. The molecule has 3 heterocycles. The van der Waals surface area contributed by atoms with Gasteiger partial charge in [-0.1, -0.05) is 24.3 Å². The lowest BCUT2D eigenvalue weighted by Gasteiger charge is -2.31. The van der Waals surface area contributed by atoms with Gasteiger partial charge in [-0.25, -0.2) is 4.90 Å². The molecule has 142 valence electrons. The maximum absolute atomic E-state index is 13.4. The fourth-order valence-electron chi connectivity index (χ4n) is 5.27. The van der Waals surface area contributed by atoms with Gasteiger partial charge in [0.1, 0.15) is 0 Å². The number of aliphatic hydroxyl groups excluding tert-OH is 2. The van der Waals surface area contributed by atoms with Crippen LogP contribution in [0.1, 0.15) is 18.4 Å². The molecule has 2 amide bonds. The number of rotatable bonds is 3. The Labute approximate surface area is 160 Å². The second-order valence-corrected chi connectivity index (χ2v) is 7.70. The summed E-state index contributed by atoms with van der Waals surface area (Å²) >= 11 is 0. The number of aliphatic hydroxyl groups is 2. The van der Waals surface area contributed by atoms with E-state index in [1.165, 1.54) is 4.90 Å². The highest BCUT2D eigenvalue weighted by Gasteiger charge is 2.72. The average molecular weight is 378 g/mol. The molecule has 7 heteroatoms. The van der Waals surface area contributed by atoms with Crippen LogP contribution in [0.2, 0.25) is 0 Å². The van der Waals surface area contributed by atoms with Crippen molar-refractivity contribution < 1.29 is 24.5 Å². The highest BCUT2D eigenvalue weighted by molar-refractivity contribution is 6.26. The second-order valence-electron chi connectivity index (χ2n) is 7.70. The maximum atomic E-state index is 13.4. The molecule has 2 bridgehead atoms. The van der Waals surface area contributed by atoms with E-state index >= 15 is 0 Å². The Bertz CT molecular complexity index is 1060. The van der Waals surface area contributed by atoms with Crippen molar-refractivity contribution in [3.63, 3.8) is 0 Å². The molecule has 7 nitrogen and oxygen atoms in total. The molecule has 5 atom stereocenters. The van der Waals surface area contributed by atoms with Gasteiger partial charge in [0.05, 0.1) is 47.0 Å². The van der Waals surface area contributed by atoms with E-state index in [2.05, 4.69) is 6.07 Å². The largest absolute Gasteiger partial charge is 0.396 e.